The number of nitrogens with zero attached hydrogens (tertiary/aromatic N) is 2. The molecule has 0 bridgehead atoms. The third-order valence-corrected chi connectivity index (χ3v) is 2.58. The van der Waals surface area contributed by atoms with Crippen LogP contribution in [0.4, 0.5) is 11.4 Å². The molecule has 0 aliphatic carbocycles. The van der Waals surface area contributed by atoms with E-state index in [9.17, 15) is 4.79 Å². The molecule has 19 heavy (non-hydrogen) atoms. The largest absolute Gasteiger partial charge is 0.497 e. The van der Waals surface area contributed by atoms with Crippen LogP contribution in [0, 0.1) is 0 Å². The highest BCUT2D eigenvalue weighted by molar-refractivity contribution is 6.03. The molecule has 100 valence electrons. The van der Waals surface area contributed by atoms with Gasteiger partial charge in [0.15, 0.2) is 0 Å². The Morgan fingerprint density at radius 2 is 2.32 bits per heavy atom. The van der Waals surface area contributed by atoms with Crippen LogP contribution in [0.5, 0.6) is 5.75 Å². The molecule has 7 nitrogen and oxygen atoms in total. The zero-order valence-corrected chi connectivity index (χ0v) is 10.7. The first kappa shape index (κ1) is 12.9. The molecule has 0 unspecified atom stereocenters. The SMILES string of the molecule is CCc1nc(C(=O)Nc2cc(OC)ccc2N)n[nH]1. The number of nitrogens with one attached hydrogen (secondary N) is 2. The lowest BCUT2D eigenvalue weighted by Gasteiger charge is -2.08. The van der Waals surface area contributed by atoms with E-state index in [1.165, 1.54) is 0 Å². The minimum atomic E-state index is -0.420. The Balaban J connectivity index is 2.18. The van der Waals surface area contributed by atoms with Gasteiger partial charge in [-0.15, -0.1) is 5.10 Å². The van der Waals surface area contributed by atoms with Gasteiger partial charge in [0, 0.05) is 12.5 Å². The van der Waals surface area contributed by atoms with Crippen molar-refractivity contribution in [3.63, 3.8) is 0 Å². The van der Waals surface area contributed by atoms with E-state index in [0.717, 1.165) is 0 Å². The van der Waals surface area contributed by atoms with E-state index in [1.54, 1.807) is 25.3 Å². The Kier molecular flexibility index (Phi) is 3.65. The number of aromatic nitrogens is 3. The maximum absolute atomic E-state index is 11.9. The number of nitrogens with two attached hydrogens (primary N) is 1. The maximum atomic E-state index is 11.9. The second-order valence-corrected chi connectivity index (χ2v) is 3.87. The quantitative estimate of drug-likeness (QED) is 0.717. The molecule has 0 aliphatic heterocycles. The van der Waals surface area contributed by atoms with E-state index in [4.69, 9.17) is 10.5 Å². The van der Waals surface area contributed by atoms with Crippen molar-refractivity contribution in [3.8, 4) is 5.75 Å². The standard InChI is InChI=1S/C12H15N5O2/c1-3-10-15-11(17-16-10)12(18)14-9-6-7(19-2)4-5-8(9)13/h4-6H,3,13H2,1-2H3,(H,14,18)(H,15,16,17). The number of hydrogen-bond acceptors (Lipinski definition) is 5. The molecule has 0 saturated carbocycles. The summed E-state index contributed by atoms with van der Waals surface area (Å²) in [5, 5.41) is 9.17. The van der Waals surface area contributed by atoms with Gasteiger partial charge in [-0.05, 0) is 12.1 Å². The molecular formula is C12H15N5O2. The van der Waals surface area contributed by atoms with Crippen LogP contribution in [0.1, 0.15) is 23.4 Å². The normalized spacial score (nSPS) is 10.2. The molecule has 1 aromatic heterocycles. The minimum Gasteiger partial charge on any atom is -0.497 e. The van der Waals surface area contributed by atoms with Crippen LogP contribution in [0.2, 0.25) is 0 Å². The van der Waals surface area contributed by atoms with Crippen LogP contribution >= 0.6 is 0 Å². The fourth-order valence-corrected chi connectivity index (χ4v) is 1.50. The van der Waals surface area contributed by atoms with Crippen molar-refractivity contribution in [2.75, 3.05) is 18.2 Å². The molecule has 0 radical (unpaired) electrons. The topological polar surface area (TPSA) is 106 Å². The van der Waals surface area contributed by atoms with Gasteiger partial charge in [0.2, 0.25) is 5.82 Å². The molecule has 7 heteroatoms. The van der Waals surface area contributed by atoms with Crippen molar-refractivity contribution in [1.82, 2.24) is 15.2 Å². The first-order chi connectivity index (χ1) is 9.13. The Bertz CT molecular complexity index is 594. The smallest absolute Gasteiger partial charge is 0.295 e. The number of anilines is 2. The summed E-state index contributed by atoms with van der Waals surface area (Å²) in [5.74, 6) is 0.924. The minimum absolute atomic E-state index is 0.0825. The van der Waals surface area contributed by atoms with Gasteiger partial charge in [0.1, 0.15) is 11.6 Å². The second kappa shape index (κ2) is 5.38. The molecule has 1 heterocycles. The van der Waals surface area contributed by atoms with E-state index < -0.39 is 5.91 Å². The van der Waals surface area contributed by atoms with E-state index >= 15 is 0 Å². The number of H-pyrrole nitrogens is 1. The van der Waals surface area contributed by atoms with Gasteiger partial charge in [-0.25, -0.2) is 4.98 Å². The number of carbonyl (C=O) groups excluding carboxylic acids is 1. The van der Waals surface area contributed by atoms with Crippen molar-refractivity contribution >= 4 is 17.3 Å². The highest BCUT2D eigenvalue weighted by Crippen LogP contribution is 2.24. The molecule has 0 aliphatic rings. The third-order valence-electron chi connectivity index (χ3n) is 2.58. The van der Waals surface area contributed by atoms with Gasteiger partial charge in [-0.3, -0.25) is 9.89 Å². The van der Waals surface area contributed by atoms with Gasteiger partial charge in [0.25, 0.3) is 5.91 Å². The zero-order valence-electron chi connectivity index (χ0n) is 10.7. The van der Waals surface area contributed by atoms with Gasteiger partial charge in [-0.1, -0.05) is 6.92 Å². The lowest BCUT2D eigenvalue weighted by molar-refractivity contribution is 0.101. The Morgan fingerprint density at radius 3 is 2.95 bits per heavy atom. The average molecular weight is 261 g/mol. The molecular weight excluding hydrogens is 246 g/mol. The summed E-state index contributed by atoms with van der Waals surface area (Å²) >= 11 is 0. The van der Waals surface area contributed by atoms with E-state index in [1.807, 2.05) is 6.92 Å². The molecule has 2 rings (SSSR count). The fourth-order valence-electron chi connectivity index (χ4n) is 1.50. The van der Waals surface area contributed by atoms with Crippen LogP contribution in [0.15, 0.2) is 18.2 Å². The van der Waals surface area contributed by atoms with Crippen LogP contribution in [0.3, 0.4) is 0 Å². The number of rotatable bonds is 4. The number of methoxy groups -OCH3 is 1. The van der Waals surface area contributed by atoms with Crippen LogP contribution in [-0.4, -0.2) is 28.2 Å². The fraction of sp³-hybridized carbons (Fsp3) is 0.250. The number of aromatic amines is 1. The summed E-state index contributed by atoms with van der Waals surface area (Å²) in [6.07, 6.45) is 0.682. The van der Waals surface area contributed by atoms with Crippen molar-refractivity contribution < 1.29 is 9.53 Å². The predicted molar refractivity (Wildman–Crippen MR) is 71.1 cm³/mol. The van der Waals surface area contributed by atoms with Crippen molar-refractivity contribution in [2.24, 2.45) is 0 Å². The molecule has 0 fully saturated rings. The number of nitrogen functional groups attached to an aromatic ring is 1. The lowest BCUT2D eigenvalue weighted by atomic mass is 10.2. The van der Waals surface area contributed by atoms with Gasteiger partial charge < -0.3 is 15.8 Å². The Morgan fingerprint density at radius 1 is 1.53 bits per heavy atom. The van der Waals surface area contributed by atoms with Crippen molar-refractivity contribution in [3.05, 3.63) is 29.8 Å². The number of aryl methyl sites for hydroxylation is 1. The number of hydrogen-bond donors (Lipinski definition) is 3. The van der Waals surface area contributed by atoms with E-state index in [2.05, 4.69) is 20.5 Å². The third kappa shape index (κ3) is 2.82. The first-order valence-corrected chi connectivity index (χ1v) is 5.80. The van der Waals surface area contributed by atoms with Crippen molar-refractivity contribution in [2.45, 2.75) is 13.3 Å². The predicted octanol–water partition coefficient (Wildman–Crippen LogP) is 1.21. The van der Waals surface area contributed by atoms with Crippen LogP contribution < -0.4 is 15.8 Å². The highest BCUT2D eigenvalue weighted by Gasteiger charge is 2.13. The monoisotopic (exact) mass is 261 g/mol. The van der Waals surface area contributed by atoms with Crippen LogP contribution in [-0.2, 0) is 6.42 Å². The van der Waals surface area contributed by atoms with Gasteiger partial charge >= 0.3 is 0 Å². The summed E-state index contributed by atoms with van der Waals surface area (Å²) in [5.41, 5.74) is 6.69. The van der Waals surface area contributed by atoms with Gasteiger partial charge in [-0.2, -0.15) is 0 Å². The summed E-state index contributed by atoms with van der Waals surface area (Å²) < 4.78 is 5.07. The first-order valence-electron chi connectivity index (χ1n) is 5.80. The highest BCUT2D eigenvalue weighted by atomic mass is 16.5. The molecule has 1 amide bonds. The van der Waals surface area contributed by atoms with E-state index in [0.29, 0.717) is 29.4 Å². The number of amides is 1. The summed E-state index contributed by atoms with van der Waals surface area (Å²) in [6, 6.07) is 5.01. The molecule has 0 saturated heterocycles. The summed E-state index contributed by atoms with van der Waals surface area (Å²) in [6.45, 7) is 1.92. The molecule has 1 aromatic carbocycles. The molecule has 0 spiro atoms. The number of ether oxygens (including phenoxy) is 1. The number of benzene rings is 1. The molecule has 4 N–H and O–H groups in total. The summed E-state index contributed by atoms with van der Waals surface area (Å²) in [7, 11) is 1.54. The Labute approximate surface area is 110 Å². The maximum Gasteiger partial charge on any atom is 0.295 e. The van der Waals surface area contributed by atoms with E-state index in [-0.39, 0.29) is 5.82 Å². The average Bonchev–Trinajstić information content (AvgIpc) is 2.90. The lowest BCUT2D eigenvalue weighted by Crippen LogP contribution is -2.15. The van der Waals surface area contributed by atoms with Crippen molar-refractivity contribution in [1.29, 1.82) is 0 Å². The zero-order chi connectivity index (χ0) is 13.8. The summed E-state index contributed by atoms with van der Waals surface area (Å²) in [4.78, 5) is 16.0. The Hall–Kier alpha value is -2.57. The van der Waals surface area contributed by atoms with Gasteiger partial charge in [0.05, 0.1) is 18.5 Å². The molecule has 0 atom stereocenters. The number of carbonyl (C=O) groups is 1. The molecule has 2 aromatic rings. The second-order valence-electron chi connectivity index (χ2n) is 3.87. The van der Waals surface area contributed by atoms with Crippen LogP contribution in [0.25, 0.3) is 0 Å².